The number of thiophene rings is 1. The number of halogens is 2. The van der Waals surface area contributed by atoms with E-state index in [1.54, 1.807) is 11.3 Å². The first-order valence-electron chi connectivity index (χ1n) is 7.67. The van der Waals surface area contributed by atoms with Crippen molar-refractivity contribution in [2.45, 2.75) is 12.8 Å². The SMILES string of the molecule is O=C(O)Cc1c(Cc2csc3ccc(Cl)cc23)[nH]c2ccc(Br)cc12. The first-order chi connectivity index (χ1) is 12.0. The maximum atomic E-state index is 11.4. The van der Waals surface area contributed by atoms with E-state index in [0.717, 1.165) is 37.6 Å². The molecule has 0 spiro atoms. The number of hydrogen-bond donors (Lipinski definition) is 2. The van der Waals surface area contributed by atoms with Crippen molar-refractivity contribution in [1.82, 2.24) is 4.98 Å². The third-order valence-corrected chi connectivity index (χ3v) is 6.01. The second kappa shape index (κ2) is 6.48. The molecule has 3 nitrogen and oxygen atoms in total. The number of carboxylic acids is 1. The molecule has 2 heterocycles. The molecule has 25 heavy (non-hydrogen) atoms. The Morgan fingerprint density at radius 1 is 1.20 bits per heavy atom. The van der Waals surface area contributed by atoms with Gasteiger partial charge in [-0.05, 0) is 58.3 Å². The first-order valence-corrected chi connectivity index (χ1v) is 9.73. The molecule has 0 aliphatic heterocycles. The number of aromatic amines is 1. The zero-order chi connectivity index (χ0) is 17.6. The van der Waals surface area contributed by atoms with Crippen molar-refractivity contribution in [2.75, 3.05) is 0 Å². The number of carbonyl (C=O) groups is 1. The molecule has 2 aromatic carbocycles. The molecule has 0 unspecified atom stereocenters. The third kappa shape index (κ3) is 3.19. The van der Waals surface area contributed by atoms with Crippen molar-refractivity contribution in [1.29, 1.82) is 0 Å². The van der Waals surface area contributed by atoms with Gasteiger partial charge >= 0.3 is 5.97 Å². The predicted octanol–water partition coefficient (Wildman–Crippen LogP) is 6.02. The summed E-state index contributed by atoms with van der Waals surface area (Å²) < 4.78 is 2.11. The molecule has 0 saturated carbocycles. The summed E-state index contributed by atoms with van der Waals surface area (Å²) in [6.07, 6.45) is 0.643. The van der Waals surface area contributed by atoms with E-state index >= 15 is 0 Å². The predicted molar refractivity (Wildman–Crippen MR) is 107 cm³/mol. The Hall–Kier alpha value is -1.82. The molecular formula is C19H13BrClNO2S. The average Bonchev–Trinajstić information content (AvgIpc) is 3.10. The summed E-state index contributed by atoms with van der Waals surface area (Å²) in [5.41, 5.74) is 3.88. The molecule has 0 aliphatic rings. The fourth-order valence-corrected chi connectivity index (χ4v) is 4.64. The van der Waals surface area contributed by atoms with Crippen LogP contribution in [0, 0.1) is 0 Å². The Labute approximate surface area is 161 Å². The van der Waals surface area contributed by atoms with Gasteiger partial charge in [0.05, 0.1) is 6.42 Å². The number of rotatable bonds is 4. The summed E-state index contributed by atoms with van der Waals surface area (Å²) in [5.74, 6) is -0.833. The number of aromatic nitrogens is 1. The highest BCUT2D eigenvalue weighted by atomic mass is 79.9. The molecule has 2 N–H and O–H groups in total. The van der Waals surface area contributed by atoms with E-state index in [4.69, 9.17) is 11.6 Å². The van der Waals surface area contributed by atoms with Gasteiger partial charge in [-0.15, -0.1) is 11.3 Å². The van der Waals surface area contributed by atoms with Crippen LogP contribution in [0.3, 0.4) is 0 Å². The van der Waals surface area contributed by atoms with Gasteiger partial charge in [0, 0.05) is 37.2 Å². The van der Waals surface area contributed by atoms with E-state index in [0.29, 0.717) is 11.4 Å². The van der Waals surface area contributed by atoms with Crippen LogP contribution in [0.25, 0.3) is 21.0 Å². The van der Waals surface area contributed by atoms with E-state index < -0.39 is 5.97 Å². The van der Waals surface area contributed by atoms with Crippen molar-refractivity contribution in [3.63, 3.8) is 0 Å². The van der Waals surface area contributed by atoms with Crippen LogP contribution in [0.2, 0.25) is 5.02 Å². The van der Waals surface area contributed by atoms with E-state index in [2.05, 4.69) is 26.3 Å². The van der Waals surface area contributed by atoms with E-state index in [9.17, 15) is 9.90 Å². The first kappa shape index (κ1) is 16.6. The number of H-pyrrole nitrogens is 1. The molecular weight excluding hydrogens is 422 g/mol. The minimum atomic E-state index is -0.833. The lowest BCUT2D eigenvalue weighted by Gasteiger charge is -2.03. The third-order valence-electron chi connectivity index (χ3n) is 4.27. The van der Waals surface area contributed by atoms with Crippen molar-refractivity contribution < 1.29 is 9.90 Å². The summed E-state index contributed by atoms with van der Waals surface area (Å²) >= 11 is 11.3. The molecule has 2 aromatic heterocycles. The smallest absolute Gasteiger partial charge is 0.307 e. The summed E-state index contributed by atoms with van der Waals surface area (Å²) in [4.78, 5) is 14.8. The Balaban J connectivity index is 1.85. The molecule has 4 aromatic rings. The lowest BCUT2D eigenvalue weighted by atomic mass is 10.0. The second-order valence-electron chi connectivity index (χ2n) is 5.92. The van der Waals surface area contributed by atoms with Crippen LogP contribution >= 0.6 is 38.9 Å². The summed E-state index contributed by atoms with van der Waals surface area (Å²) in [5, 5.41) is 14.2. The number of hydrogen-bond acceptors (Lipinski definition) is 2. The molecule has 0 radical (unpaired) electrons. The number of nitrogens with one attached hydrogen (secondary N) is 1. The van der Waals surface area contributed by atoms with Crippen molar-refractivity contribution in [3.05, 3.63) is 68.1 Å². The van der Waals surface area contributed by atoms with Gasteiger partial charge in [-0.2, -0.15) is 0 Å². The zero-order valence-corrected chi connectivity index (χ0v) is 16.1. The van der Waals surface area contributed by atoms with Gasteiger partial charge in [0.25, 0.3) is 0 Å². The van der Waals surface area contributed by atoms with Gasteiger partial charge < -0.3 is 10.1 Å². The van der Waals surface area contributed by atoms with Crippen LogP contribution in [0.5, 0.6) is 0 Å². The van der Waals surface area contributed by atoms with Gasteiger partial charge in [-0.3, -0.25) is 4.79 Å². The molecule has 0 bridgehead atoms. The summed E-state index contributed by atoms with van der Waals surface area (Å²) in [7, 11) is 0. The Kier molecular flexibility index (Phi) is 4.31. The lowest BCUT2D eigenvalue weighted by molar-refractivity contribution is -0.136. The highest BCUT2D eigenvalue weighted by Crippen LogP contribution is 2.33. The quantitative estimate of drug-likeness (QED) is 0.413. The normalized spacial score (nSPS) is 11.4. The topological polar surface area (TPSA) is 53.1 Å². The van der Waals surface area contributed by atoms with Crippen molar-refractivity contribution in [2.24, 2.45) is 0 Å². The van der Waals surface area contributed by atoms with Crippen LogP contribution in [-0.4, -0.2) is 16.1 Å². The monoisotopic (exact) mass is 433 g/mol. The van der Waals surface area contributed by atoms with Gasteiger partial charge in [0.2, 0.25) is 0 Å². The molecule has 126 valence electrons. The van der Waals surface area contributed by atoms with E-state index in [-0.39, 0.29) is 6.42 Å². The highest BCUT2D eigenvalue weighted by Gasteiger charge is 2.16. The van der Waals surface area contributed by atoms with E-state index in [1.807, 2.05) is 36.4 Å². The summed E-state index contributed by atoms with van der Waals surface area (Å²) in [6, 6.07) is 11.8. The van der Waals surface area contributed by atoms with Gasteiger partial charge in [-0.1, -0.05) is 27.5 Å². The fourth-order valence-electron chi connectivity index (χ4n) is 3.16. The van der Waals surface area contributed by atoms with Gasteiger partial charge in [0.1, 0.15) is 0 Å². The molecule has 0 atom stereocenters. The van der Waals surface area contributed by atoms with Gasteiger partial charge in [0.15, 0.2) is 0 Å². The minimum absolute atomic E-state index is 0.00534. The number of benzene rings is 2. The maximum absolute atomic E-state index is 11.4. The Morgan fingerprint density at radius 2 is 2.04 bits per heavy atom. The summed E-state index contributed by atoms with van der Waals surface area (Å²) in [6.45, 7) is 0. The Morgan fingerprint density at radius 3 is 2.84 bits per heavy atom. The van der Waals surface area contributed by atoms with Crippen molar-refractivity contribution >= 4 is 65.8 Å². The highest BCUT2D eigenvalue weighted by molar-refractivity contribution is 9.10. The minimum Gasteiger partial charge on any atom is -0.481 e. The van der Waals surface area contributed by atoms with Crippen molar-refractivity contribution in [3.8, 4) is 0 Å². The largest absolute Gasteiger partial charge is 0.481 e. The molecule has 0 amide bonds. The Bertz CT molecular complexity index is 1120. The molecule has 0 saturated heterocycles. The molecule has 6 heteroatoms. The zero-order valence-electron chi connectivity index (χ0n) is 13.0. The molecule has 0 fully saturated rings. The van der Waals surface area contributed by atoms with Crippen LogP contribution in [0.1, 0.15) is 16.8 Å². The maximum Gasteiger partial charge on any atom is 0.307 e. The van der Waals surface area contributed by atoms with Gasteiger partial charge in [-0.25, -0.2) is 0 Å². The van der Waals surface area contributed by atoms with Crippen LogP contribution in [0.15, 0.2) is 46.3 Å². The van der Waals surface area contributed by atoms with E-state index in [1.165, 1.54) is 4.70 Å². The van der Waals surface area contributed by atoms with Crippen LogP contribution < -0.4 is 0 Å². The number of aliphatic carboxylic acids is 1. The standard InChI is InChI=1S/C19H13BrClNO2S/c20-11-1-3-16-14(6-11)15(8-19(23)24)17(22-16)5-10-9-25-18-4-2-12(21)7-13(10)18/h1-4,6-7,9,22H,5,8H2,(H,23,24). The molecule has 0 aliphatic carbocycles. The molecule has 4 rings (SSSR count). The van der Waals surface area contributed by atoms with Crippen LogP contribution in [0.4, 0.5) is 0 Å². The fraction of sp³-hybridized carbons (Fsp3) is 0.105. The number of carboxylic acid groups (broad SMARTS) is 1. The van der Waals surface area contributed by atoms with Crippen LogP contribution in [-0.2, 0) is 17.6 Å². The average molecular weight is 435 g/mol. The lowest BCUT2D eigenvalue weighted by Crippen LogP contribution is -2.03. The number of fused-ring (bicyclic) bond motifs is 2. The second-order valence-corrected chi connectivity index (χ2v) is 8.18.